The van der Waals surface area contributed by atoms with Crippen LogP contribution < -0.4 is 10.6 Å². The minimum absolute atomic E-state index is 0.158. The first-order chi connectivity index (χ1) is 12.5. The van der Waals surface area contributed by atoms with Gasteiger partial charge in [0.05, 0.1) is 5.52 Å². The third kappa shape index (κ3) is 3.21. The predicted molar refractivity (Wildman–Crippen MR) is 102 cm³/mol. The van der Waals surface area contributed by atoms with Gasteiger partial charge in [0.25, 0.3) is 11.8 Å². The number of hydrogen-bond donors (Lipinski definition) is 2. The van der Waals surface area contributed by atoms with Crippen LogP contribution in [0.2, 0.25) is 0 Å². The molecule has 0 spiro atoms. The highest BCUT2D eigenvalue weighted by Crippen LogP contribution is 2.20. The number of imidazole rings is 1. The molecule has 0 aliphatic carbocycles. The van der Waals surface area contributed by atoms with Gasteiger partial charge in [-0.2, -0.15) is 0 Å². The van der Waals surface area contributed by atoms with Gasteiger partial charge in [0.15, 0.2) is 5.69 Å². The molecule has 0 atom stereocenters. The largest absolute Gasteiger partial charge is 0.347 e. The molecule has 0 saturated heterocycles. The van der Waals surface area contributed by atoms with Gasteiger partial charge in [0.2, 0.25) is 5.82 Å². The number of fused-ring (bicyclic) bond motifs is 1. The van der Waals surface area contributed by atoms with Crippen LogP contribution in [0.25, 0.3) is 5.52 Å². The number of nitrogens with one attached hydrogen (secondary N) is 2. The lowest BCUT2D eigenvalue weighted by Gasteiger charge is -2.09. The molecule has 0 unspecified atom stereocenters. The van der Waals surface area contributed by atoms with Gasteiger partial charge >= 0.3 is 0 Å². The Bertz CT molecular complexity index is 1000. The summed E-state index contributed by atoms with van der Waals surface area (Å²) in [6, 6.07) is 11.1. The van der Waals surface area contributed by atoms with Crippen molar-refractivity contribution in [1.82, 2.24) is 14.7 Å². The molecule has 0 fully saturated rings. The summed E-state index contributed by atoms with van der Waals surface area (Å²) in [7, 11) is 0. The van der Waals surface area contributed by atoms with E-state index in [2.05, 4.69) is 22.2 Å². The van der Waals surface area contributed by atoms with Crippen molar-refractivity contribution in [3.63, 3.8) is 0 Å². The minimum atomic E-state index is -0.373. The second-order valence-corrected chi connectivity index (χ2v) is 5.94. The van der Waals surface area contributed by atoms with Gasteiger partial charge in [-0.3, -0.25) is 14.0 Å². The number of amides is 2. The van der Waals surface area contributed by atoms with Crippen molar-refractivity contribution in [1.29, 1.82) is 0 Å². The molecular weight excluding hydrogens is 328 g/mol. The maximum atomic E-state index is 12.8. The summed E-state index contributed by atoms with van der Waals surface area (Å²) < 4.78 is 1.61. The van der Waals surface area contributed by atoms with E-state index in [4.69, 9.17) is 0 Å². The molecule has 0 saturated carbocycles. The fourth-order valence-electron chi connectivity index (χ4n) is 2.68. The summed E-state index contributed by atoms with van der Waals surface area (Å²) in [4.78, 5) is 29.4. The molecule has 26 heavy (non-hydrogen) atoms. The number of aromatic nitrogens is 2. The second-order valence-electron chi connectivity index (χ2n) is 5.94. The molecule has 0 aliphatic heterocycles. The van der Waals surface area contributed by atoms with Gasteiger partial charge in [-0.1, -0.05) is 24.3 Å². The van der Waals surface area contributed by atoms with Crippen molar-refractivity contribution in [3.05, 3.63) is 77.9 Å². The van der Waals surface area contributed by atoms with E-state index in [1.807, 2.05) is 32.0 Å². The summed E-state index contributed by atoms with van der Waals surface area (Å²) in [6.45, 7) is 7.84. The summed E-state index contributed by atoms with van der Waals surface area (Å²) in [5.74, 6) is -0.563. The third-order valence-corrected chi connectivity index (χ3v) is 4.23. The molecule has 6 nitrogen and oxygen atoms in total. The molecule has 2 heterocycles. The van der Waals surface area contributed by atoms with Crippen molar-refractivity contribution < 1.29 is 9.59 Å². The zero-order valence-electron chi connectivity index (χ0n) is 14.7. The van der Waals surface area contributed by atoms with Gasteiger partial charge in [0.1, 0.15) is 0 Å². The minimum Gasteiger partial charge on any atom is -0.347 e. The second kappa shape index (κ2) is 7.23. The summed E-state index contributed by atoms with van der Waals surface area (Å²) >= 11 is 0. The van der Waals surface area contributed by atoms with Gasteiger partial charge < -0.3 is 10.6 Å². The number of aryl methyl sites for hydroxylation is 1. The van der Waals surface area contributed by atoms with Crippen LogP contribution in [-0.2, 0) is 0 Å². The Balaban J connectivity index is 1.99. The number of pyridine rings is 1. The quantitative estimate of drug-likeness (QED) is 0.696. The Morgan fingerprint density at radius 3 is 2.73 bits per heavy atom. The van der Waals surface area contributed by atoms with E-state index in [1.165, 1.54) is 0 Å². The van der Waals surface area contributed by atoms with Crippen LogP contribution in [0, 0.1) is 13.8 Å². The molecule has 1 aromatic carbocycles. The molecule has 2 N–H and O–H groups in total. The van der Waals surface area contributed by atoms with Crippen LogP contribution in [0.1, 0.15) is 32.2 Å². The predicted octanol–water partition coefficient (Wildman–Crippen LogP) is 3.12. The lowest BCUT2D eigenvalue weighted by molar-refractivity contribution is 0.0955. The SMILES string of the molecule is C=CCNC(=O)c1nc(C(=O)Nc2cccc(C)c2C)n2ccccc12. The topological polar surface area (TPSA) is 75.5 Å². The van der Waals surface area contributed by atoms with Crippen molar-refractivity contribution in [2.75, 3.05) is 11.9 Å². The number of anilines is 1. The van der Waals surface area contributed by atoms with Crippen LogP contribution in [-0.4, -0.2) is 27.7 Å². The van der Waals surface area contributed by atoms with Crippen LogP contribution in [0.5, 0.6) is 0 Å². The van der Waals surface area contributed by atoms with Gasteiger partial charge in [-0.25, -0.2) is 4.98 Å². The Kier molecular flexibility index (Phi) is 4.84. The molecule has 3 aromatic rings. The summed E-state index contributed by atoms with van der Waals surface area (Å²) in [5.41, 5.74) is 3.57. The highest BCUT2D eigenvalue weighted by Gasteiger charge is 2.21. The first-order valence-electron chi connectivity index (χ1n) is 8.26. The molecule has 6 heteroatoms. The van der Waals surface area contributed by atoms with E-state index in [0.29, 0.717) is 12.1 Å². The Morgan fingerprint density at radius 2 is 1.96 bits per heavy atom. The number of carbonyl (C=O) groups excluding carboxylic acids is 2. The number of carbonyl (C=O) groups is 2. The molecule has 2 aromatic heterocycles. The monoisotopic (exact) mass is 348 g/mol. The molecule has 0 radical (unpaired) electrons. The maximum absolute atomic E-state index is 12.8. The Hall–Kier alpha value is -3.41. The van der Waals surface area contributed by atoms with Crippen molar-refractivity contribution >= 4 is 23.0 Å². The normalized spacial score (nSPS) is 10.5. The van der Waals surface area contributed by atoms with Crippen molar-refractivity contribution in [2.24, 2.45) is 0 Å². The van der Waals surface area contributed by atoms with Gasteiger partial charge in [-0.15, -0.1) is 6.58 Å². The molecule has 0 aliphatic rings. The number of rotatable bonds is 5. The molecular formula is C20H20N4O2. The summed E-state index contributed by atoms with van der Waals surface area (Å²) in [6.07, 6.45) is 3.30. The molecule has 132 valence electrons. The van der Waals surface area contributed by atoms with Gasteiger partial charge in [-0.05, 0) is 43.2 Å². The lowest BCUT2D eigenvalue weighted by atomic mass is 10.1. The highest BCUT2D eigenvalue weighted by molar-refractivity contribution is 6.06. The molecule has 0 bridgehead atoms. The van der Waals surface area contributed by atoms with Crippen LogP contribution in [0.15, 0.2) is 55.3 Å². The third-order valence-electron chi connectivity index (χ3n) is 4.23. The van der Waals surface area contributed by atoms with Crippen LogP contribution in [0.4, 0.5) is 5.69 Å². The fourth-order valence-corrected chi connectivity index (χ4v) is 2.68. The van der Waals surface area contributed by atoms with E-state index < -0.39 is 0 Å². The van der Waals surface area contributed by atoms with Crippen LogP contribution in [0.3, 0.4) is 0 Å². The van der Waals surface area contributed by atoms with E-state index in [0.717, 1.165) is 16.8 Å². The maximum Gasteiger partial charge on any atom is 0.292 e. The van der Waals surface area contributed by atoms with E-state index in [9.17, 15) is 9.59 Å². The van der Waals surface area contributed by atoms with E-state index in [-0.39, 0.29) is 23.3 Å². The van der Waals surface area contributed by atoms with Crippen molar-refractivity contribution in [3.8, 4) is 0 Å². The first kappa shape index (κ1) is 17.4. The van der Waals surface area contributed by atoms with Crippen molar-refractivity contribution in [2.45, 2.75) is 13.8 Å². The number of nitrogens with zero attached hydrogens (tertiary/aromatic N) is 2. The van der Waals surface area contributed by atoms with Gasteiger partial charge in [0, 0.05) is 18.4 Å². The zero-order chi connectivity index (χ0) is 18.7. The lowest BCUT2D eigenvalue weighted by Crippen LogP contribution is -2.24. The first-order valence-corrected chi connectivity index (χ1v) is 8.26. The number of benzene rings is 1. The standard InChI is InChI=1S/C20H20N4O2/c1-4-11-21-19(25)17-16-10-5-6-12-24(16)18(23-17)20(26)22-15-9-7-8-13(2)14(15)3/h4-10,12H,1,11H2,2-3H3,(H,21,25)(H,22,26). The van der Waals surface area contributed by atoms with E-state index >= 15 is 0 Å². The smallest absolute Gasteiger partial charge is 0.292 e. The zero-order valence-corrected chi connectivity index (χ0v) is 14.7. The Labute approximate surface area is 151 Å². The van der Waals surface area contributed by atoms with E-state index in [1.54, 1.807) is 34.9 Å². The number of hydrogen-bond acceptors (Lipinski definition) is 3. The Morgan fingerprint density at radius 1 is 1.15 bits per heavy atom. The molecule has 3 rings (SSSR count). The average molecular weight is 348 g/mol. The average Bonchev–Trinajstić information content (AvgIpc) is 3.03. The summed E-state index contributed by atoms with van der Waals surface area (Å²) in [5, 5.41) is 5.58. The fraction of sp³-hybridized carbons (Fsp3) is 0.150. The van der Waals surface area contributed by atoms with Crippen LogP contribution >= 0.6 is 0 Å². The molecule has 2 amide bonds. The highest BCUT2D eigenvalue weighted by atomic mass is 16.2.